The average molecular weight is 496 g/mol. The third-order valence-corrected chi connectivity index (χ3v) is 9.57. The first kappa shape index (κ1) is 24.2. The van der Waals surface area contributed by atoms with Crippen molar-refractivity contribution in [2.75, 3.05) is 45.8 Å². The molecule has 0 atom stereocenters. The number of carbonyl (C=O) groups is 2. The van der Waals surface area contributed by atoms with E-state index >= 15 is 0 Å². The van der Waals surface area contributed by atoms with Crippen molar-refractivity contribution in [3.63, 3.8) is 0 Å². The topological polar surface area (TPSA) is 78.0 Å². The summed E-state index contributed by atoms with van der Waals surface area (Å²) in [7, 11) is -3.54. The Labute approximate surface area is 207 Å². The molecule has 1 aliphatic carbocycles. The number of Topliss-reactive ketones (excluding diaryl/α,β-unsaturated/α-hetero) is 1. The van der Waals surface area contributed by atoms with Crippen LogP contribution in [0.15, 0.2) is 53.4 Å². The summed E-state index contributed by atoms with van der Waals surface area (Å²) in [5.41, 5.74) is 3.16. The minimum absolute atomic E-state index is 0.0109. The van der Waals surface area contributed by atoms with Gasteiger partial charge in [0.25, 0.3) is 0 Å². The van der Waals surface area contributed by atoms with Crippen LogP contribution in [0.1, 0.15) is 40.7 Å². The number of piperazine rings is 1. The molecule has 2 fully saturated rings. The van der Waals surface area contributed by atoms with Gasteiger partial charge in [-0.25, -0.2) is 8.42 Å². The van der Waals surface area contributed by atoms with Gasteiger partial charge in [0.2, 0.25) is 15.9 Å². The zero-order valence-electron chi connectivity index (χ0n) is 20.1. The van der Waals surface area contributed by atoms with Crippen molar-refractivity contribution in [2.45, 2.75) is 37.0 Å². The minimum atomic E-state index is -3.54. The molecule has 0 aromatic heterocycles. The Morgan fingerprint density at radius 1 is 0.829 bits per heavy atom. The first-order valence-corrected chi connectivity index (χ1v) is 14.1. The highest BCUT2D eigenvalue weighted by molar-refractivity contribution is 7.89. The second-order valence-electron chi connectivity index (χ2n) is 9.85. The predicted molar refractivity (Wildman–Crippen MR) is 134 cm³/mol. The van der Waals surface area contributed by atoms with Crippen LogP contribution in [0.4, 0.5) is 0 Å². The smallest absolute Gasteiger partial charge is 0.243 e. The summed E-state index contributed by atoms with van der Waals surface area (Å²) in [5, 5.41) is 0. The van der Waals surface area contributed by atoms with Crippen molar-refractivity contribution < 1.29 is 18.0 Å². The van der Waals surface area contributed by atoms with Crippen LogP contribution in [0.3, 0.4) is 0 Å². The molecule has 35 heavy (non-hydrogen) atoms. The van der Waals surface area contributed by atoms with Crippen molar-refractivity contribution in [3.8, 4) is 0 Å². The lowest BCUT2D eigenvalue weighted by Crippen LogP contribution is -2.53. The van der Waals surface area contributed by atoms with E-state index < -0.39 is 10.0 Å². The molecule has 8 heteroatoms. The highest BCUT2D eigenvalue weighted by Crippen LogP contribution is 2.27. The van der Waals surface area contributed by atoms with Crippen molar-refractivity contribution >= 4 is 21.7 Å². The van der Waals surface area contributed by atoms with Crippen LogP contribution in [-0.2, 0) is 27.7 Å². The Bertz CT molecular complexity index is 1180. The van der Waals surface area contributed by atoms with Gasteiger partial charge in [0.1, 0.15) is 0 Å². The summed E-state index contributed by atoms with van der Waals surface area (Å²) >= 11 is 0. The molecule has 2 aliphatic heterocycles. The highest BCUT2D eigenvalue weighted by atomic mass is 32.2. The molecule has 0 radical (unpaired) electrons. The number of sulfonamides is 1. The Morgan fingerprint density at radius 3 is 2.23 bits per heavy atom. The molecule has 2 saturated heterocycles. The standard InChI is InChI=1S/C27H33N3O4S/c31-26(20-28-13-11-23(12-14-28)27(32)22-5-2-1-3-6-22)29-15-17-30(18-16-29)35(33,34)25-10-9-21-7-4-8-24(21)19-25/h1-3,5-6,9-10,19,23H,4,7-8,11-18,20H2. The maximum atomic E-state index is 13.2. The second-order valence-corrected chi connectivity index (χ2v) is 11.8. The van der Waals surface area contributed by atoms with Crippen LogP contribution in [0.2, 0.25) is 0 Å². The zero-order valence-corrected chi connectivity index (χ0v) is 20.9. The Hall–Kier alpha value is -2.55. The Balaban J connectivity index is 1.10. The molecule has 2 aromatic rings. The van der Waals surface area contributed by atoms with Gasteiger partial charge < -0.3 is 4.90 Å². The summed E-state index contributed by atoms with van der Waals surface area (Å²) in [6.45, 7) is 3.22. The van der Waals surface area contributed by atoms with E-state index in [1.165, 1.54) is 9.87 Å². The molecule has 0 saturated carbocycles. The molecule has 5 rings (SSSR count). The van der Waals surface area contributed by atoms with E-state index in [2.05, 4.69) is 4.90 Å². The van der Waals surface area contributed by atoms with Gasteiger partial charge in [0, 0.05) is 37.7 Å². The monoisotopic (exact) mass is 495 g/mol. The van der Waals surface area contributed by atoms with Crippen LogP contribution < -0.4 is 0 Å². The van der Waals surface area contributed by atoms with E-state index in [1.807, 2.05) is 42.5 Å². The Morgan fingerprint density at radius 2 is 1.51 bits per heavy atom. The number of nitrogens with zero attached hydrogens (tertiary/aromatic N) is 3. The van der Waals surface area contributed by atoms with E-state index in [-0.39, 0.29) is 17.6 Å². The van der Waals surface area contributed by atoms with E-state index in [0.717, 1.165) is 56.3 Å². The molecule has 2 heterocycles. The summed E-state index contributed by atoms with van der Waals surface area (Å²) in [5.74, 6) is 0.237. The van der Waals surface area contributed by atoms with Crippen LogP contribution in [0.5, 0.6) is 0 Å². The normalized spacial score (nSPS) is 20.1. The number of rotatable bonds is 6. The van der Waals surface area contributed by atoms with E-state index in [4.69, 9.17) is 0 Å². The fraction of sp³-hybridized carbons (Fsp3) is 0.481. The van der Waals surface area contributed by atoms with Gasteiger partial charge >= 0.3 is 0 Å². The van der Waals surface area contributed by atoms with Crippen molar-refractivity contribution in [1.29, 1.82) is 0 Å². The number of amides is 1. The number of fused-ring (bicyclic) bond motifs is 1. The van der Waals surface area contributed by atoms with E-state index in [9.17, 15) is 18.0 Å². The van der Waals surface area contributed by atoms with Crippen molar-refractivity contribution in [3.05, 3.63) is 65.2 Å². The van der Waals surface area contributed by atoms with Gasteiger partial charge in [-0.1, -0.05) is 36.4 Å². The molecule has 186 valence electrons. The maximum absolute atomic E-state index is 13.2. The third kappa shape index (κ3) is 5.20. The second kappa shape index (κ2) is 10.2. The van der Waals surface area contributed by atoms with Crippen LogP contribution in [0.25, 0.3) is 0 Å². The van der Waals surface area contributed by atoms with Gasteiger partial charge in [-0.3, -0.25) is 14.5 Å². The van der Waals surface area contributed by atoms with E-state index in [1.54, 1.807) is 11.0 Å². The molecule has 0 N–H and O–H groups in total. The lowest BCUT2D eigenvalue weighted by Gasteiger charge is -2.36. The van der Waals surface area contributed by atoms with Crippen LogP contribution in [-0.4, -0.2) is 80.0 Å². The summed E-state index contributed by atoms with van der Waals surface area (Å²) in [6.07, 6.45) is 4.57. The molecule has 3 aliphatic rings. The number of hydrogen-bond donors (Lipinski definition) is 0. The van der Waals surface area contributed by atoms with Gasteiger partial charge in [-0.05, 0) is 68.5 Å². The van der Waals surface area contributed by atoms with Crippen molar-refractivity contribution in [2.24, 2.45) is 5.92 Å². The minimum Gasteiger partial charge on any atom is -0.339 e. The van der Waals surface area contributed by atoms with Gasteiger partial charge in [0.05, 0.1) is 11.4 Å². The highest BCUT2D eigenvalue weighted by Gasteiger charge is 2.32. The molecule has 0 spiro atoms. The molecular weight excluding hydrogens is 462 g/mol. The van der Waals surface area contributed by atoms with Gasteiger partial charge in [-0.2, -0.15) is 4.31 Å². The summed E-state index contributed by atoms with van der Waals surface area (Å²) in [6, 6.07) is 14.9. The SMILES string of the molecule is O=C(c1ccccc1)C1CCN(CC(=O)N2CCN(S(=O)(=O)c3ccc4c(c3)CCC4)CC2)CC1. The number of carbonyl (C=O) groups excluding carboxylic acids is 2. The molecule has 0 bridgehead atoms. The van der Waals surface area contributed by atoms with Crippen molar-refractivity contribution in [1.82, 2.24) is 14.1 Å². The maximum Gasteiger partial charge on any atom is 0.243 e. The zero-order chi connectivity index (χ0) is 24.4. The molecule has 2 aromatic carbocycles. The first-order valence-electron chi connectivity index (χ1n) is 12.6. The Kier molecular flexibility index (Phi) is 7.05. The predicted octanol–water partition coefficient (Wildman–Crippen LogP) is 2.60. The van der Waals surface area contributed by atoms with E-state index in [0.29, 0.717) is 37.6 Å². The molecule has 1 amide bonds. The van der Waals surface area contributed by atoms with Crippen LogP contribution in [0, 0.1) is 5.92 Å². The molecule has 0 unspecified atom stereocenters. The first-order chi connectivity index (χ1) is 16.9. The number of hydrogen-bond acceptors (Lipinski definition) is 5. The summed E-state index contributed by atoms with van der Waals surface area (Å²) < 4.78 is 27.8. The fourth-order valence-corrected chi connectivity index (χ4v) is 6.99. The van der Waals surface area contributed by atoms with Gasteiger partial charge in [-0.15, -0.1) is 0 Å². The van der Waals surface area contributed by atoms with Crippen LogP contribution >= 0.6 is 0 Å². The summed E-state index contributed by atoms with van der Waals surface area (Å²) in [4.78, 5) is 29.9. The number of piperidine rings is 1. The molecule has 7 nitrogen and oxygen atoms in total. The average Bonchev–Trinajstić information content (AvgIpc) is 3.37. The lowest BCUT2D eigenvalue weighted by molar-refractivity contribution is -0.133. The quantitative estimate of drug-likeness (QED) is 0.576. The largest absolute Gasteiger partial charge is 0.339 e. The third-order valence-electron chi connectivity index (χ3n) is 7.67. The number of benzene rings is 2. The lowest BCUT2D eigenvalue weighted by atomic mass is 9.89. The fourth-order valence-electron chi connectivity index (χ4n) is 5.52. The number of ketones is 1. The van der Waals surface area contributed by atoms with Gasteiger partial charge in [0.15, 0.2) is 5.78 Å². The number of likely N-dealkylation sites (tertiary alicyclic amines) is 1. The number of aryl methyl sites for hydroxylation is 2. The molecular formula is C27H33N3O4S.